The van der Waals surface area contributed by atoms with Gasteiger partial charge in [0, 0.05) is 6.07 Å². The first kappa shape index (κ1) is 53.8. The molecule has 0 unspecified atom stereocenters. The van der Waals surface area contributed by atoms with E-state index in [-0.39, 0.29) is 28.4 Å². The smallest absolute Gasteiger partial charge is 0.356 e. The van der Waals surface area contributed by atoms with E-state index in [4.69, 9.17) is 33.9 Å². The molecule has 384 valence electrons. The highest BCUT2D eigenvalue weighted by molar-refractivity contribution is 6.08. The van der Waals surface area contributed by atoms with Gasteiger partial charge in [0.15, 0.2) is 38.7 Å². The fourth-order valence-electron chi connectivity index (χ4n) is 5.38. The van der Waals surface area contributed by atoms with E-state index < -0.39 is 155 Å². The van der Waals surface area contributed by atoms with Crippen molar-refractivity contribution in [3.8, 4) is 29.4 Å². The quantitative estimate of drug-likeness (QED) is 0.0220. The van der Waals surface area contributed by atoms with Crippen LogP contribution in [0.1, 0.15) is 52.4 Å². The summed E-state index contributed by atoms with van der Waals surface area (Å²) >= 11 is 0. The van der Waals surface area contributed by atoms with Crippen molar-refractivity contribution in [3.05, 3.63) is 99.2 Å². The van der Waals surface area contributed by atoms with Gasteiger partial charge in [-0.1, -0.05) is 0 Å². The first-order valence-corrected chi connectivity index (χ1v) is 19.9. The minimum absolute atomic E-state index is 0.252. The average molecular weight is 1030 g/mol. The van der Waals surface area contributed by atoms with Crippen molar-refractivity contribution in [2.24, 2.45) is 0 Å². The van der Waals surface area contributed by atoms with E-state index in [1.54, 1.807) is 0 Å². The fourth-order valence-corrected chi connectivity index (χ4v) is 5.38. The predicted molar refractivity (Wildman–Crippen MR) is 237 cm³/mol. The normalized spacial score (nSPS) is 10.3. The lowest BCUT2D eigenvalue weighted by Gasteiger charge is -2.15. The number of carbonyl (C=O) groups excluding carboxylic acids is 5. The summed E-state index contributed by atoms with van der Waals surface area (Å²) in [5.74, 6) is -16.3. The summed E-state index contributed by atoms with van der Waals surface area (Å²) in [6.45, 7) is -5.22. The van der Waals surface area contributed by atoms with Crippen molar-refractivity contribution in [3.63, 3.8) is 0 Å². The van der Waals surface area contributed by atoms with Crippen LogP contribution >= 0.6 is 0 Å². The SMILES string of the molecule is COC(=O)c1ccc(NC(=O)c2ccc(NC(=O)c3ccc(NC(=O)c4ccc(NC(=O)c5ccc([N+](=O)[O-])c(OCC(=O)O)n5)c(OCC(=O)O)n4)c(OCC(=O)O)n3)c(OCC(=O)O)n2)c(OCC(=O)O)n1. The van der Waals surface area contributed by atoms with E-state index in [1.807, 2.05) is 0 Å². The van der Waals surface area contributed by atoms with Crippen LogP contribution in [-0.4, -0.2) is 155 Å². The van der Waals surface area contributed by atoms with Gasteiger partial charge in [-0.25, -0.2) is 53.7 Å². The monoisotopic (exact) mass is 1030 g/mol. The van der Waals surface area contributed by atoms with Crippen molar-refractivity contribution >= 4 is 87.9 Å². The second-order valence-corrected chi connectivity index (χ2v) is 13.7. The number of methoxy groups -OCH3 is 1. The number of amides is 4. The Labute approximate surface area is 409 Å². The second kappa shape index (κ2) is 24.4. The maximum absolute atomic E-state index is 13.6. The summed E-state index contributed by atoms with van der Waals surface area (Å²) in [5, 5.41) is 66.4. The molecule has 0 aromatic carbocycles. The molecule has 33 nitrogen and oxygen atoms in total. The summed E-state index contributed by atoms with van der Waals surface area (Å²) in [7, 11) is 1.05. The second-order valence-electron chi connectivity index (χ2n) is 13.7. The highest BCUT2D eigenvalue weighted by Gasteiger charge is 2.25. The van der Waals surface area contributed by atoms with Crippen LogP contribution < -0.4 is 45.0 Å². The standard InChI is InChI=1S/C41H32N10O23/c1-69-41(66)25-9-8-24(39(50-25)73-15-30(58)59)45-34(64)19-3-6-22(37(48-19)71-13-28(54)55)43-32(62)17-2-5-21(36(46-17)70-12-27(52)53)42-33(63)18-4-7-23(38(47-18)72-14-29(56)57)44-35(65)20-10-11-26(51(67)68)40(49-20)74-16-31(60)61/h2-11H,12-16H2,1H3,(H,42,63)(H,43,62)(H,44,65)(H,45,64)(H,52,53)(H,54,55)(H,56,57)(H,58,59)(H,60,61). The average Bonchev–Trinajstić information content (AvgIpc) is 3.35. The molecule has 5 aromatic rings. The Bertz CT molecular complexity index is 3110. The number of nitrogens with zero attached hydrogens (tertiary/aromatic N) is 6. The minimum atomic E-state index is -1.54. The Morgan fingerprint density at radius 1 is 0.419 bits per heavy atom. The highest BCUT2D eigenvalue weighted by Crippen LogP contribution is 2.30. The lowest BCUT2D eigenvalue weighted by molar-refractivity contribution is -0.386. The lowest BCUT2D eigenvalue weighted by Crippen LogP contribution is -2.21. The lowest BCUT2D eigenvalue weighted by atomic mass is 10.2. The molecule has 0 aliphatic heterocycles. The first-order valence-electron chi connectivity index (χ1n) is 19.9. The van der Waals surface area contributed by atoms with Crippen LogP contribution in [0.15, 0.2) is 60.7 Å². The predicted octanol–water partition coefficient (Wildman–Crippen LogP) is 0.683. The fraction of sp³-hybridized carbons (Fsp3) is 0.146. The van der Waals surface area contributed by atoms with Crippen molar-refractivity contribution < 1.29 is 107 Å². The number of esters is 1. The molecule has 0 fully saturated rings. The van der Waals surface area contributed by atoms with Crippen LogP contribution in [0.4, 0.5) is 28.4 Å². The van der Waals surface area contributed by atoms with Crippen LogP contribution in [-0.2, 0) is 28.7 Å². The number of rotatable bonds is 25. The number of ether oxygens (including phenoxy) is 6. The van der Waals surface area contributed by atoms with Gasteiger partial charge >= 0.3 is 41.5 Å². The van der Waals surface area contributed by atoms with Gasteiger partial charge < -0.3 is 75.2 Å². The zero-order chi connectivity index (χ0) is 54.2. The topological polar surface area (TPSA) is 483 Å². The number of pyridine rings is 5. The molecule has 0 spiro atoms. The van der Waals surface area contributed by atoms with E-state index in [0.29, 0.717) is 0 Å². The van der Waals surface area contributed by atoms with E-state index in [1.165, 1.54) is 0 Å². The molecular formula is C41H32N10O23. The third-order valence-corrected chi connectivity index (χ3v) is 8.46. The minimum Gasteiger partial charge on any atom is -0.479 e. The molecule has 0 atom stereocenters. The van der Waals surface area contributed by atoms with Crippen molar-refractivity contribution in [1.29, 1.82) is 0 Å². The van der Waals surface area contributed by atoms with Crippen LogP contribution in [0.5, 0.6) is 29.4 Å². The molecule has 9 N–H and O–H groups in total. The zero-order valence-electron chi connectivity index (χ0n) is 37.1. The number of hydrogen-bond acceptors (Lipinski definition) is 23. The van der Waals surface area contributed by atoms with E-state index in [2.05, 4.69) is 50.9 Å². The van der Waals surface area contributed by atoms with Crippen molar-refractivity contribution in [2.75, 3.05) is 61.4 Å². The molecule has 4 amide bonds. The zero-order valence-corrected chi connectivity index (χ0v) is 37.1. The van der Waals surface area contributed by atoms with Crippen molar-refractivity contribution in [2.45, 2.75) is 0 Å². The maximum atomic E-state index is 13.6. The number of anilines is 4. The van der Waals surface area contributed by atoms with Crippen LogP contribution in [0.2, 0.25) is 0 Å². The molecule has 74 heavy (non-hydrogen) atoms. The Hall–Kier alpha value is -11.1. The molecular weight excluding hydrogens is 1000 g/mol. The molecule has 5 rings (SSSR count). The van der Waals surface area contributed by atoms with Crippen molar-refractivity contribution in [1.82, 2.24) is 24.9 Å². The maximum Gasteiger partial charge on any atom is 0.356 e. The van der Waals surface area contributed by atoms with Crippen LogP contribution in [0.25, 0.3) is 0 Å². The third kappa shape index (κ3) is 14.9. The molecule has 0 saturated heterocycles. The largest absolute Gasteiger partial charge is 0.479 e. The van der Waals surface area contributed by atoms with E-state index in [9.17, 15) is 73.4 Å². The summed E-state index contributed by atoms with van der Waals surface area (Å²) in [6, 6.07) is 10.0. The number of aromatic nitrogens is 5. The van der Waals surface area contributed by atoms with Gasteiger partial charge in [-0.05, 0) is 54.6 Å². The number of hydrogen-bond donors (Lipinski definition) is 9. The molecule has 0 aliphatic rings. The van der Waals surface area contributed by atoms with Crippen LogP contribution in [0, 0.1) is 10.1 Å². The molecule has 0 aliphatic carbocycles. The molecule has 0 radical (unpaired) electrons. The summed E-state index contributed by atoms with van der Waals surface area (Å²) in [4.78, 5) is 152. The van der Waals surface area contributed by atoms with Gasteiger partial charge in [-0.15, -0.1) is 0 Å². The van der Waals surface area contributed by atoms with Gasteiger partial charge in [0.05, 0.1) is 12.0 Å². The Kier molecular flexibility index (Phi) is 17.8. The Morgan fingerprint density at radius 2 is 0.662 bits per heavy atom. The number of nitro groups is 1. The number of carboxylic acids is 5. The summed E-state index contributed by atoms with van der Waals surface area (Å²) in [6.07, 6.45) is 0. The van der Waals surface area contributed by atoms with Gasteiger partial charge in [0.2, 0.25) is 23.5 Å². The molecule has 5 heterocycles. The summed E-state index contributed by atoms with van der Waals surface area (Å²) in [5.41, 5.74) is -4.63. The summed E-state index contributed by atoms with van der Waals surface area (Å²) < 4.78 is 30.1. The molecule has 5 aromatic heterocycles. The molecule has 0 bridgehead atoms. The van der Waals surface area contributed by atoms with Gasteiger partial charge in [0.25, 0.3) is 29.5 Å². The van der Waals surface area contributed by atoms with Gasteiger partial charge in [-0.2, -0.15) is 0 Å². The molecule has 33 heteroatoms. The molecule has 0 saturated carbocycles. The number of aliphatic carboxylic acids is 5. The van der Waals surface area contributed by atoms with Gasteiger partial charge in [-0.3, -0.25) is 29.3 Å². The highest BCUT2D eigenvalue weighted by atomic mass is 16.6. The van der Waals surface area contributed by atoms with Gasteiger partial charge in [0.1, 0.15) is 45.5 Å². The Morgan fingerprint density at radius 3 is 0.932 bits per heavy atom. The number of carbonyl (C=O) groups is 10. The number of carboxylic acid groups (broad SMARTS) is 5. The third-order valence-electron chi connectivity index (χ3n) is 8.46. The Balaban J connectivity index is 1.39. The van der Waals surface area contributed by atoms with E-state index >= 15 is 0 Å². The van der Waals surface area contributed by atoms with Crippen LogP contribution in [0.3, 0.4) is 0 Å². The first-order chi connectivity index (χ1) is 35.1. The number of nitrogens with one attached hydrogen (secondary N) is 4. The van der Waals surface area contributed by atoms with E-state index in [0.717, 1.165) is 67.8 Å².